The lowest BCUT2D eigenvalue weighted by atomic mass is 10.1. The third-order valence-electron chi connectivity index (χ3n) is 4.31. The molecule has 24 heavy (non-hydrogen) atoms. The summed E-state index contributed by atoms with van der Waals surface area (Å²) in [5.41, 5.74) is 0.983. The minimum Gasteiger partial charge on any atom is -0.339 e. The number of nitrogens with one attached hydrogen (secondary N) is 1. The van der Waals surface area contributed by atoms with Gasteiger partial charge in [0.2, 0.25) is 11.7 Å². The zero-order valence-corrected chi connectivity index (χ0v) is 13.4. The molecule has 7 heteroatoms. The topological polar surface area (TPSA) is 81.7 Å². The summed E-state index contributed by atoms with van der Waals surface area (Å²) in [6, 6.07) is 10.3. The maximum atomic E-state index is 5.34. The molecule has 0 saturated carbocycles. The monoisotopic (exact) mass is 324 g/mol. The van der Waals surface area contributed by atoms with Crippen LogP contribution in [0.3, 0.4) is 0 Å². The van der Waals surface area contributed by atoms with Crippen molar-refractivity contribution in [3.05, 3.63) is 48.4 Å². The molecule has 3 aromatic rings. The number of benzene rings is 1. The second-order valence-corrected chi connectivity index (χ2v) is 6.03. The summed E-state index contributed by atoms with van der Waals surface area (Å²) >= 11 is 0. The molecule has 0 amide bonds. The van der Waals surface area contributed by atoms with Crippen molar-refractivity contribution in [2.75, 3.05) is 6.54 Å². The van der Waals surface area contributed by atoms with Crippen molar-refractivity contribution < 1.29 is 4.52 Å². The lowest BCUT2D eigenvalue weighted by molar-refractivity contribution is 0.348. The number of aryl methyl sites for hydroxylation is 2. The molecule has 4 rings (SSSR count). The van der Waals surface area contributed by atoms with Crippen LogP contribution in [0.1, 0.15) is 24.6 Å². The number of hydrogen-bond acceptors (Lipinski definition) is 6. The Hall–Kier alpha value is -2.54. The molecule has 2 aromatic heterocycles. The number of aromatic nitrogens is 5. The SMILES string of the molecule is c1ccc(-c2noc(CCCN[C@@H]3CCc4ncnn4C3)n2)cc1. The normalized spacial score (nSPS) is 16.9. The Morgan fingerprint density at radius 1 is 1.25 bits per heavy atom. The average molecular weight is 324 g/mol. The van der Waals surface area contributed by atoms with E-state index >= 15 is 0 Å². The molecule has 1 atom stereocenters. The highest BCUT2D eigenvalue weighted by Crippen LogP contribution is 2.15. The highest BCUT2D eigenvalue weighted by atomic mass is 16.5. The van der Waals surface area contributed by atoms with Gasteiger partial charge in [-0.1, -0.05) is 35.5 Å². The largest absolute Gasteiger partial charge is 0.339 e. The van der Waals surface area contributed by atoms with E-state index in [0.717, 1.165) is 50.2 Å². The van der Waals surface area contributed by atoms with Gasteiger partial charge in [0.05, 0.1) is 6.54 Å². The smallest absolute Gasteiger partial charge is 0.227 e. The first kappa shape index (κ1) is 15.0. The van der Waals surface area contributed by atoms with E-state index in [4.69, 9.17) is 4.52 Å². The molecule has 7 nitrogen and oxygen atoms in total. The van der Waals surface area contributed by atoms with Crippen LogP contribution in [0.25, 0.3) is 11.4 Å². The van der Waals surface area contributed by atoms with Gasteiger partial charge < -0.3 is 9.84 Å². The third kappa shape index (κ3) is 3.35. The van der Waals surface area contributed by atoms with Crippen LogP contribution in [0.4, 0.5) is 0 Å². The molecule has 0 radical (unpaired) electrons. The summed E-state index contributed by atoms with van der Waals surface area (Å²) in [7, 11) is 0. The first-order valence-electron chi connectivity index (χ1n) is 8.36. The van der Waals surface area contributed by atoms with E-state index in [1.807, 2.05) is 35.0 Å². The fraction of sp³-hybridized carbons (Fsp3) is 0.412. The van der Waals surface area contributed by atoms with Gasteiger partial charge in [-0.25, -0.2) is 9.67 Å². The minimum atomic E-state index is 0.460. The van der Waals surface area contributed by atoms with Crippen molar-refractivity contribution >= 4 is 0 Å². The van der Waals surface area contributed by atoms with Crippen molar-refractivity contribution in [3.63, 3.8) is 0 Å². The van der Waals surface area contributed by atoms with Gasteiger partial charge in [0.1, 0.15) is 12.2 Å². The van der Waals surface area contributed by atoms with Gasteiger partial charge in [-0.15, -0.1) is 0 Å². The summed E-state index contributed by atoms with van der Waals surface area (Å²) in [5, 5.41) is 11.9. The second-order valence-electron chi connectivity index (χ2n) is 6.03. The lowest BCUT2D eigenvalue weighted by Crippen LogP contribution is -2.38. The van der Waals surface area contributed by atoms with Crippen molar-refractivity contribution in [2.24, 2.45) is 0 Å². The van der Waals surface area contributed by atoms with E-state index in [1.165, 1.54) is 0 Å². The maximum absolute atomic E-state index is 5.34. The first-order valence-corrected chi connectivity index (χ1v) is 8.36. The lowest BCUT2D eigenvalue weighted by Gasteiger charge is -2.23. The molecule has 124 valence electrons. The van der Waals surface area contributed by atoms with Crippen LogP contribution in [0.15, 0.2) is 41.2 Å². The molecule has 0 aliphatic carbocycles. The second kappa shape index (κ2) is 6.92. The number of fused-ring (bicyclic) bond motifs is 1. The summed E-state index contributed by atoms with van der Waals surface area (Å²) in [6.45, 7) is 1.83. The van der Waals surface area contributed by atoms with Crippen molar-refractivity contribution in [2.45, 2.75) is 38.3 Å². The zero-order chi connectivity index (χ0) is 16.2. The van der Waals surface area contributed by atoms with E-state index in [1.54, 1.807) is 6.33 Å². The Morgan fingerprint density at radius 2 is 2.17 bits per heavy atom. The molecule has 1 aliphatic rings. The Labute approximate surface area is 140 Å². The highest BCUT2D eigenvalue weighted by Gasteiger charge is 2.19. The van der Waals surface area contributed by atoms with Crippen LogP contribution in [0, 0.1) is 0 Å². The van der Waals surface area contributed by atoms with Crippen molar-refractivity contribution in [1.82, 2.24) is 30.2 Å². The molecular weight excluding hydrogens is 304 g/mol. The highest BCUT2D eigenvalue weighted by molar-refractivity contribution is 5.53. The van der Waals surface area contributed by atoms with E-state index in [9.17, 15) is 0 Å². The average Bonchev–Trinajstić information content (AvgIpc) is 3.28. The number of nitrogens with zero attached hydrogens (tertiary/aromatic N) is 5. The van der Waals surface area contributed by atoms with Crippen LogP contribution < -0.4 is 5.32 Å². The van der Waals surface area contributed by atoms with Crippen LogP contribution in [-0.2, 0) is 19.4 Å². The Balaban J connectivity index is 1.23. The predicted octanol–water partition coefficient (Wildman–Crippen LogP) is 1.87. The molecule has 0 saturated heterocycles. The Bertz CT molecular complexity index is 781. The van der Waals surface area contributed by atoms with Gasteiger partial charge in [-0.3, -0.25) is 0 Å². The fourth-order valence-corrected chi connectivity index (χ4v) is 3.01. The molecule has 1 aliphatic heterocycles. The molecule has 0 bridgehead atoms. The Kier molecular flexibility index (Phi) is 4.33. The summed E-state index contributed by atoms with van der Waals surface area (Å²) in [6.07, 6.45) is 5.49. The molecule has 1 N–H and O–H groups in total. The molecular formula is C17H20N6O. The van der Waals surface area contributed by atoms with Gasteiger partial charge in [0, 0.05) is 24.4 Å². The summed E-state index contributed by atoms with van der Waals surface area (Å²) in [4.78, 5) is 8.71. The van der Waals surface area contributed by atoms with Gasteiger partial charge in [-0.2, -0.15) is 10.1 Å². The van der Waals surface area contributed by atoms with E-state index in [-0.39, 0.29) is 0 Å². The Morgan fingerprint density at radius 3 is 3.08 bits per heavy atom. The van der Waals surface area contributed by atoms with Crippen LogP contribution in [-0.4, -0.2) is 37.5 Å². The first-order chi connectivity index (χ1) is 11.9. The maximum Gasteiger partial charge on any atom is 0.227 e. The number of hydrogen-bond donors (Lipinski definition) is 1. The predicted molar refractivity (Wildman–Crippen MR) is 88.2 cm³/mol. The molecule has 0 fully saturated rings. The van der Waals surface area contributed by atoms with E-state index in [0.29, 0.717) is 17.8 Å². The quantitative estimate of drug-likeness (QED) is 0.697. The van der Waals surface area contributed by atoms with Gasteiger partial charge >= 0.3 is 0 Å². The van der Waals surface area contributed by atoms with Crippen LogP contribution in [0.2, 0.25) is 0 Å². The van der Waals surface area contributed by atoms with Crippen LogP contribution in [0.5, 0.6) is 0 Å². The van der Waals surface area contributed by atoms with E-state index < -0.39 is 0 Å². The fourth-order valence-electron chi connectivity index (χ4n) is 3.01. The molecule has 0 spiro atoms. The van der Waals surface area contributed by atoms with Gasteiger partial charge in [-0.05, 0) is 19.4 Å². The third-order valence-corrected chi connectivity index (χ3v) is 4.31. The van der Waals surface area contributed by atoms with E-state index in [2.05, 4.69) is 25.5 Å². The van der Waals surface area contributed by atoms with Crippen molar-refractivity contribution in [1.29, 1.82) is 0 Å². The number of rotatable bonds is 6. The van der Waals surface area contributed by atoms with Crippen LogP contribution >= 0.6 is 0 Å². The summed E-state index contributed by atoms with van der Waals surface area (Å²) in [5.74, 6) is 2.44. The molecule has 1 aromatic carbocycles. The zero-order valence-electron chi connectivity index (χ0n) is 13.4. The molecule has 0 unspecified atom stereocenters. The van der Waals surface area contributed by atoms with Crippen molar-refractivity contribution in [3.8, 4) is 11.4 Å². The standard InChI is InChI=1S/C17H20N6O/c1-2-5-13(6-3-1)17-21-16(24-22-17)7-4-10-18-14-8-9-15-19-12-20-23(15)11-14/h1-3,5-6,12,14,18H,4,7-11H2/t14-/m1/s1. The molecule has 3 heterocycles. The van der Waals surface area contributed by atoms with Gasteiger partial charge in [0.25, 0.3) is 0 Å². The summed E-state index contributed by atoms with van der Waals surface area (Å²) < 4.78 is 7.33. The minimum absolute atomic E-state index is 0.460. The van der Waals surface area contributed by atoms with Gasteiger partial charge in [0.15, 0.2) is 0 Å².